The number of aromatic nitrogens is 4. The average molecular weight is 432 g/mol. The first kappa shape index (κ1) is 20.1. The number of Topliss-reactive ketones (excluding diaryl/α,β-unsaturated/α-hetero) is 1. The summed E-state index contributed by atoms with van der Waals surface area (Å²) in [5.74, 6) is 2.30. The maximum Gasteiger partial charge on any atom is 0.229 e. The lowest BCUT2D eigenvalue weighted by Crippen LogP contribution is -2.21. The summed E-state index contributed by atoms with van der Waals surface area (Å²) < 4.78 is 18.2. The number of methoxy groups -OCH3 is 3. The zero-order valence-electron chi connectivity index (χ0n) is 18.4. The van der Waals surface area contributed by atoms with Gasteiger partial charge in [-0.3, -0.25) is 4.79 Å². The number of imidazole rings is 1. The van der Waals surface area contributed by atoms with Crippen LogP contribution in [0.5, 0.6) is 17.2 Å². The Morgan fingerprint density at radius 1 is 1.03 bits per heavy atom. The van der Waals surface area contributed by atoms with Crippen molar-refractivity contribution >= 4 is 16.8 Å². The zero-order chi connectivity index (χ0) is 22.4. The van der Waals surface area contributed by atoms with Gasteiger partial charge in [0.15, 0.2) is 17.3 Å². The minimum absolute atomic E-state index is 0.0528. The van der Waals surface area contributed by atoms with E-state index in [2.05, 4.69) is 15.1 Å². The van der Waals surface area contributed by atoms with Crippen LogP contribution in [0.3, 0.4) is 0 Å². The lowest BCUT2D eigenvalue weighted by molar-refractivity contribution is 0.0963. The summed E-state index contributed by atoms with van der Waals surface area (Å²) in [7, 11) is 4.75. The van der Waals surface area contributed by atoms with Crippen molar-refractivity contribution in [2.75, 3.05) is 21.3 Å². The van der Waals surface area contributed by atoms with Crippen molar-refractivity contribution in [1.82, 2.24) is 19.7 Å². The highest BCUT2D eigenvalue weighted by Gasteiger charge is 2.33. The van der Waals surface area contributed by atoms with Crippen molar-refractivity contribution in [2.45, 2.75) is 25.7 Å². The molecule has 1 aliphatic carbocycles. The predicted octanol–water partition coefficient (Wildman–Crippen LogP) is 4.00. The maximum absolute atomic E-state index is 13.2. The number of aryl methyl sites for hydroxylation is 1. The number of nitrogens with one attached hydrogen (secondary N) is 1. The third kappa shape index (κ3) is 3.10. The zero-order valence-corrected chi connectivity index (χ0v) is 18.4. The van der Waals surface area contributed by atoms with Gasteiger partial charge < -0.3 is 19.2 Å². The second-order valence-corrected chi connectivity index (χ2v) is 7.88. The van der Waals surface area contributed by atoms with Crippen LogP contribution in [0.1, 0.15) is 39.6 Å². The number of benzene rings is 2. The summed E-state index contributed by atoms with van der Waals surface area (Å²) in [6.07, 6.45) is 1.02. The van der Waals surface area contributed by atoms with Crippen LogP contribution in [-0.4, -0.2) is 46.9 Å². The molecule has 8 heteroatoms. The predicted molar refractivity (Wildman–Crippen MR) is 119 cm³/mol. The molecule has 1 atom stereocenters. The smallest absolute Gasteiger partial charge is 0.229 e. The van der Waals surface area contributed by atoms with Crippen LogP contribution >= 0.6 is 0 Å². The number of rotatable bonds is 5. The van der Waals surface area contributed by atoms with E-state index in [1.807, 2.05) is 43.3 Å². The number of nitrogens with zero attached hydrogens (tertiary/aromatic N) is 3. The van der Waals surface area contributed by atoms with Gasteiger partial charge in [0.25, 0.3) is 0 Å². The minimum Gasteiger partial charge on any atom is -0.493 e. The summed E-state index contributed by atoms with van der Waals surface area (Å²) in [6.45, 7) is 1.87. The van der Waals surface area contributed by atoms with Gasteiger partial charge in [0, 0.05) is 6.42 Å². The molecule has 0 spiro atoms. The normalized spacial score (nSPS) is 15.6. The fourth-order valence-corrected chi connectivity index (χ4v) is 4.55. The molecule has 2 aromatic carbocycles. The number of para-hydroxylation sites is 2. The summed E-state index contributed by atoms with van der Waals surface area (Å²) in [6, 6.07) is 11.7. The van der Waals surface area contributed by atoms with Crippen molar-refractivity contribution in [3.05, 3.63) is 58.9 Å². The number of H-pyrrole nitrogens is 1. The lowest BCUT2D eigenvalue weighted by Gasteiger charge is -2.24. The lowest BCUT2D eigenvalue weighted by atomic mass is 9.81. The molecule has 0 radical (unpaired) electrons. The van der Waals surface area contributed by atoms with Crippen molar-refractivity contribution in [1.29, 1.82) is 0 Å². The van der Waals surface area contributed by atoms with Gasteiger partial charge >= 0.3 is 0 Å². The van der Waals surface area contributed by atoms with Crippen molar-refractivity contribution < 1.29 is 19.0 Å². The first-order chi connectivity index (χ1) is 15.5. The van der Waals surface area contributed by atoms with Crippen LogP contribution < -0.4 is 14.2 Å². The van der Waals surface area contributed by atoms with Gasteiger partial charge in [-0.05, 0) is 49.1 Å². The van der Waals surface area contributed by atoms with Crippen molar-refractivity contribution in [3.63, 3.8) is 0 Å². The number of aromatic amines is 1. The molecule has 0 amide bonds. The molecule has 32 heavy (non-hydrogen) atoms. The topological polar surface area (TPSA) is 91.3 Å². The molecule has 0 fully saturated rings. The first-order valence-electron chi connectivity index (χ1n) is 10.4. The summed E-state index contributed by atoms with van der Waals surface area (Å²) in [5, 5.41) is 4.66. The number of hydrogen-bond acceptors (Lipinski definition) is 6. The van der Waals surface area contributed by atoms with E-state index >= 15 is 0 Å². The van der Waals surface area contributed by atoms with E-state index < -0.39 is 0 Å². The van der Waals surface area contributed by atoms with E-state index in [0.29, 0.717) is 47.3 Å². The maximum atomic E-state index is 13.2. The molecule has 0 aliphatic heterocycles. The van der Waals surface area contributed by atoms with Gasteiger partial charge in [0.2, 0.25) is 11.7 Å². The summed E-state index contributed by atoms with van der Waals surface area (Å²) in [4.78, 5) is 21.2. The van der Waals surface area contributed by atoms with E-state index in [-0.39, 0.29) is 11.7 Å². The molecular weight excluding hydrogens is 408 g/mol. The number of fused-ring (bicyclic) bond motifs is 2. The quantitative estimate of drug-likeness (QED) is 0.513. The van der Waals surface area contributed by atoms with Crippen LogP contribution in [0.2, 0.25) is 0 Å². The van der Waals surface area contributed by atoms with Gasteiger partial charge in [-0.2, -0.15) is 5.10 Å². The number of carbonyl (C=O) groups excluding carboxylic acids is 1. The monoisotopic (exact) mass is 432 g/mol. The molecule has 1 unspecified atom stereocenters. The summed E-state index contributed by atoms with van der Waals surface area (Å²) >= 11 is 0. The third-order valence-corrected chi connectivity index (χ3v) is 6.04. The van der Waals surface area contributed by atoms with Gasteiger partial charge in [-0.25, -0.2) is 9.67 Å². The molecule has 4 aromatic rings. The van der Waals surface area contributed by atoms with Gasteiger partial charge in [0.1, 0.15) is 0 Å². The Balaban J connectivity index is 1.60. The average Bonchev–Trinajstić information content (AvgIpc) is 3.39. The molecule has 0 bridgehead atoms. The minimum atomic E-state index is -0.0528. The van der Waals surface area contributed by atoms with Crippen LogP contribution in [0, 0.1) is 6.92 Å². The standard InChI is InChI=1S/C24H24N4O4/c1-13-22-18(28(27-13)24-25-16-7-5-6-8-17(16)26-24)9-14(10-19(22)29)15-11-20(30-2)23(32-4)21(12-15)31-3/h5-8,11-12,14H,9-10H2,1-4H3,(H,25,26). The summed E-state index contributed by atoms with van der Waals surface area (Å²) in [5.41, 5.74) is 4.99. The Kier molecular flexibility index (Phi) is 4.84. The highest BCUT2D eigenvalue weighted by Crippen LogP contribution is 2.43. The van der Waals surface area contributed by atoms with E-state index in [0.717, 1.165) is 22.3 Å². The molecule has 0 saturated heterocycles. The highest BCUT2D eigenvalue weighted by molar-refractivity contribution is 6.00. The Morgan fingerprint density at radius 2 is 1.75 bits per heavy atom. The molecular formula is C24H24N4O4. The van der Waals surface area contributed by atoms with E-state index in [1.165, 1.54) is 0 Å². The van der Waals surface area contributed by atoms with Crippen LogP contribution in [0.25, 0.3) is 17.0 Å². The van der Waals surface area contributed by atoms with Crippen LogP contribution in [-0.2, 0) is 6.42 Å². The Bertz CT molecular complexity index is 1280. The SMILES string of the molecule is COc1cc(C2CC(=O)c3c(C)nn(-c4nc5ccccc5[nH]4)c3C2)cc(OC)c1OC. The van der Waals surface area contributed by atoms with E-state index in [4.69, 9.17) is 14.2 Å². The fraction of sp³-hybridized carbons (Fsp3) is 0.292. The third-order valence-electron chi connectivity index (χ3n) is 6.04. The van der Waals surface area contributed by atoms with Crippen molar-refractivity contribution in [2.24, 2.45) is 0 Å². The molecule has 2 heterocycles. The molecule has 0 saturated carbocycles. The number of ether oxygens (including phenoxy) is 3. The molecule has 164 valence electrons. The Morgan fingerprint density at radius 3 is 2.41 bits per heavy atom. The molecule has 2 aromatic heterocycles. The second-order valence-electron chi connectivity index (χ2n) is 7.88. The highest BCUT2D eigenvalue weighted by atomic mass is 16.5. The molecule has 5 rings (SSSR count). The number of carbonyl (C=O) groups is 1. The van der Waals surface area contributed by atoms with Gasteiger partial charge in [0.05, 0.1) is 49.3 Å². The van der Waals surface area contributed by atoms with Crippen molar-refractivity contribution in [3.8, 4) is 23.2 Å². The molecule has 8 nitrogen and oxygen atoms in total. The van der Waals surface area contributed by atoms with Crippen LogP contribution in [0.15, 0.2) is 36.4 Å². The van der Waals surface area contributed by atoms with Crippen LogP contribution in [0.4, 0.5) is 0 Å². The first-order valence-corrected chi connectivity index (χ1v) is 10.4. The molecule has 1 aliphatic rings. The van der Waals surface area contributed by atoms with Gasteiger partial charge in [-0.1, -0.05) is 12.1 Å². The number of hydrogen-bond donors (Lipinski definition) is 1. The largest absolute Gasteiger partial charge is 0.493 e. The Hall–Kier alpha value is -3.81. The Labute approximate surface area is 185 Å². The fourth-order valence-electron chi connectivity index (χ4n) is 4.55. The second kappa shape index (κ2) is 7.71. The van der Waals surface area contributed by atoms with E-state index in [1.54, 1.807) is 26.0 Å². The van der Waals surface area contributed by atoms with E-state index in [9.17, 15) is 4.79 Å². The molecule has 1 N–H and O–H groups in total. The van der Waals surface area contributed by atoms with Gasteiger partial charge in [-0.15, -0.1) is 0 Å². The number of ketones is 1.